The normalized spacial score (nSPS) is 15.1. The standard InChI is InChI=1S/C27H36N2O6.CH2O2/c1-7-18(25(30)33-8-2)15-19-13-11-12-14-20(19)23-22(26(31)34-9-3)17(5)29-21(16-28-6)24(23)27(32)35-10-4;2-1-3/h11-15,23,28-29H,7-10,16H2,1-6H3;1H,(H,2,3)/b18-15+;. The molecule has 3 N–H and O–H groups in total. The lowest BCUT2D eigenvalue weighted by Gasteiger charge is -2.32. The first kappa shape index (κ1) is 32.1. The fourth-order valence-electron chi connectivity index (χ4n) is 4.08. The molecule has 1 aliphatic heterocycles. The topological polar surface area (TPSA) is 140 Å². The van der Waals surface area contributed by atoms with E-state index < -0.39 is 23.8 Å². The van der Waals surface area contributed by atoms with Crippen LogP contribution in [0.2, 0.25) is 0 Å². The molecular formula is C28H38N2O8. The summed E-state index contributed by atoms with van der Waals surface area (Å²) in [5.41, 5.74) is 3.72. The maximum absolute atomic E-state index is 13.3. The van der Waals surface area contributed by atoms with Crippen LogP contribution in [0.1, 0.15) is 58.1 Å². The summed E-state index contributed by atoms with van der Waals surface area (Å²) in [5.74, 6) is -2.20. The van der Waals surface area contributed by atoms with Crippen molar-refractivity contribution in [2.24, 2.45) is 0 Å². The van der Waals surface area contributed by atoms with E-state index in [0.29, 0.717) is 52.2 Å². The number of hydrogen-bond acceptors (Lipinski definition) is 9. The van der Waals surface area contributed by atoms with Gasteiger partial charge in [0.1, 0.15) is 0 Å². The predicted molar refractivity (Wildman–Crippen MR) is 143 cm³/mol. The summed E-state index contributed by atoms with van der Waals surface area (Å²) in [6.07, 6.45) is 2.22. The van der Waals surface area contributed by atoms with Crippen molar-refractivity contribution in [3.63, 3.8) is 0 Å². The number of nitrogens with one attached hydrogen (secondary N) is 2. The minimum absolute atomic E-state index is 0.184. The molecule has 1 unspecified atom stereocenters. The fourth-order valence-corrected chi connectivity index (χ4v) is 4.08. The Labute approximate surface area is 223 Å². The molecule has 0 spiro atoms. The molecular weight excluding hydrogens is 492 g/mol. The highest BCUT2D eigenvalue weighted by Gasteiger charge is 2.39. The summed E-state index contributed by atoms with van der Waals surface area (Å²) in [7, 11) is 1.77. The van der Waals surface area contributed by atoms with Gasteiger partial charge in [0.15, 0.2) is 0 Å². The van der Waals surface area contributed by atoms with E-state index in [1.165, 1.54) is 0 Å². The van der Waals surface area contributed by atoms with E-state index in [9.17, 15) is 14.4 Å². The molecule has 1 heterocycles. The number of esters is 3. The Morgan fingerprint density at radius 2 is 1.53 bits per heavy atom. The van der Waals surface area contributed by atoms with Gasteiger partial charge in [0.2, 0.25) is 0 Å². The molecule has 1 aromatic carbocycles. The molecule has 0 bridgehead atoms. The Kier molecular flexibility index (Phi) is 14.2. The molecule has 0 saturated carbocycles. The molecule has 208 valence electrons. The van der Waals surface area contributed by atoms with Gasteiger partial charge in [-0.25, -0.2) is 14.4 Å². The Bertz CT molecular complexity index is 1090. The van der Waals surface area contributed by atoms with Gasteiger partial charge >= 0.3 is 17.9 Å². The molecule has 0 saturated heterocycles. The Hall–Kier alpha value is -3.92. The molecule has 0 amide bonds. The van der Waals surface area contributed by atoms with Crippen LogP contribution in [0.4, 0.5) is 0 Å². The first-order valence-electron chi connectivity index (χ1n) is 12.5. The van der Waals surface area contributed by atoms with Gasteiger partial charge in [-0.3, -0.25) is 4.79 Å². The molecule has 1 aliphatic rings. The van der Waals surface area contributed by atoms with Crippen molar-refractivity contribution in [3.8, 4) is 0 Å². The van der Waals surface area contributed by atoms with Gasteiger partial charge in [-0.15, -0.1) is 0 Å². The summed E-state index contributed by atoms with van der Waals surface area (Å²) >= 11 is 0. The molecule has 0 aliphatic carbocycles. The van der Waals surface area contributed by atoms with Crippen molar-refractivity contribution in [2.75, 3.05) is 33.4 Å². The zero-order valence-corrected chi connectivity index (χ0v) is 22.9. The zero-order chi connectivity index (χ0) is 28.7. The number of carbonyl (C=O) groups excluding carboxylic acids is 3. The van der Waals surface area contributed by atoms with Gasteiger partial charge in [-0.05, 0) is 58.4 Å². The van der Waals surface area contributed by atoms with Gasteiger partial charge in [0.05, 0.1) is 36.9 Å². The molecule has 0 aromatic heterocycles. The number of carbonyl (C=O) groups is 4. The fraction of sp³-hybridized carbons (Fsp3) is 0.429. The number of benzene rings is 1. The van der Waals surface area contributed by atoms with Crippen LogP contribution in [-0.2, 0) is 33.4 Å². The maximum atomic E-state index is 13.3. The minimum Gasteiger partial charge on any atom is -0.483 e. The lowest BCUT2D eigenvalue weighted by atomic mass is 9.78. The van der Waals surface area contributed by atoms with Crippen LogP contribution >= 0.6 is 0 Å². The minimum atomic E-state index is -0.759. The number of carboxylic acid groups (broad SMARTS) is 1. The zero-order valence-electron chi connectivity index (χ0n) is 22.9. The quantitative estimate of drug-likeness (QED) is 0.169. The predicted octanol–water partition coefficient (Wildman–Crippen LogP) is 3.30. The summed E-state index contributed by atoms with van der Waals surface area (Å²) in [6.45, 7) is 9.63. The van der Waals surface area contributed by atoms with E-state index in [1.54, 1.807) is 40.8 Å². The van der Waals surface area contributed by atoms with Crippen molar-refractivity contribution >= 4 is 30.5 Å². The highest BCUT2D eigenvalue weighted by molar-refractivity contribution is 6.01. The van der Waals surface area contributed by atoms with Crippen LogP contribution in [0.25, 0.3) is 6.08 Å². The number of hydrogen-bond donors (Lipinski definition) is 3. The van der Waals surface area contributed by atoms with E-state index in [0.717, 1.165) is 0 Å². The van der Waals surface area contributed by atoms with Crippen molar-refractivity contribution in [1.82, 2.24) is 10.6 Å². The van der Waals surface area contributed by atoms with Crippen LogP contribution in [0, 0.1) is 0 Å². The Balaban J connectivity index is 0.00000229. The highest BCUT2D eigenvalue weighted by atomic mass is 16.5. The number of allylic oxidation sites excluding steroid dienone is 1. The average Bonchev–Trinajstić information content (AvgIpc) is 2.88. The SMILES string of the molecule is CCOC(=O)C1=C(C)NC(CNC)=C(C(=O)OCC)C1c1ccccc1/C=C(\CC)C(=O)OCC.O=CO. The van der Waals surface area contributed by atoms with Crippen molar-refractivity contribution in [2.45, 2.75) is 47.0 Å². The first-order valence-corrected chi connectivity index (χ1v) is 12.5. The van der Waals surface area contributed by atoms with Gasteiger partial charge in [0.25, 0.3) is 6.47 Å². The second-order valence-electron chi connectivity index (χ2n) is 7.94. The molecule has 1 atom stereocenters. The third-order valence-electron chi connectivity index (χ3n) is 5.54. The lowest BCUT2D eigenvalue weighted by Crippen LogP contribution is -2.36. The molecule has 10 nitrogen and oxygen atoms in total. The second kappa shape index (κ2) is 16.8. The van der Waals surface area contributed by atoms with E-state index in [-0.39, 0.29) is 26.3 Å². The Morgan fingerprint density at radius 3 is 2.05 bits per heavy atom. The van der Waals surface area contributed by atoms with Crippen LogP contribution in [-0.4, -0.2) is 62.9 Å². The van der Waals surface area contributed by atoms with Crippen LogP contribution in [0.15, 0.2) is 52.4 Å². The lowest BCUT2D eigenvalue weighted by molar-refractivity contribution is -0.140. The van der Waals surface area contributed by atoms with E-state index in [2.05, 4.69) is 10.6 Å². The molecule has 10 heteroatoms. The van der Waals surface area contributed by atoms with Crippen molar-refractivity contribution < 1.29 is 38.5 Å². The van der Waals surface area contributed by atoms with Crippen LogP contribution in [0.5, 0.6) is 0 Å². The second-order valence-corrected chi connectivity index (χ2v) is 7.94. The monoisotopic (exact) mass is 530 g/mol. The smallest absolute Gasteiger partial charge is 0.336 e. The molecule has 2 rings (SSSR count). The third kappa shape index (κ3) is 8.31. The number of likely N-dealkylation sites (N-methyl/N-ethyl adjacent to an activating group) is 1. The molecule has 1 aromatic rings. The summed E-state index contributed by atoms with van der Waals surface area (Å²) < 4.78 is 16.0. The van der Waals surface area contributed by atoms with Crippen LogP contribution < -0.4 is 10.6 Å². The van der Waals surface area contributed by atoms with Gasteiger partial charge in [0, 0.05) is 23.5 Å². The number of rotatable bonds is 11. The van der Waals surface area contributed by atoms with Gasteiger partial charge < -0.3 is 30.0 Å². The summed E-state index contributed by atoms with van der Waals surface area (Å²) in [5, 5.41) is 13.2. The summed E-state index contributed by atoms with van der Waals surface area (Å²) in [4.78, 5) is 47.3. The van der Waals surface area contributed by atoms with Crippen LogP contribution in [0.3, 0.4) is 0 Å². The van der Waals surface area contributed by atoms with E-state index in [1.807, 2.05) is 31.2 Å². The highest BCUT2D eigenvalue weighted by Crippen LogP contribution is 2.41. The van der Waals surface area contributed by atoms with Crippen molar-refractivity contribution in [1.29, 1.82) is 0 Å². The first-order chi connectivity index (χ1) is 18.2. The molecule has 0 fully saturated rings. The summed E-state index contributed by atoms with van der Waals surface area (Å²) in [6, 6.07) is 7.38. The van der Waals surface area contributed by atoms with Crippen molar-refractivity contribution in [3.05, 3.63) is 63.5 Å². The number of ether oxygens (including phenoxy) is 3. The molecule has 38 heavy (non-hydrogen) atoms. The number of dihydropyridines is 1. The average molecular weight is 531 g/mol. The van der Waals surface area contributed by atoms with Gasteiger partial charge in [-0.1, -0.05) is 31.2 Å². The largest absolute Gasteiger partial charge is 0.483 e. The van der Waals surface area contributed by atoms with E-state index in [4.69, 9.17) is 24.1 Å². The third-order valence-corrected chi connectivity index (χ3v) is 5.54. The molecule has 0 radical (unpaired) electrons. The maximum Gasteiger partial charge on any atom is 0.336 e. The Morgan fingerprint density at radius 1 is 0.974 bits per heavy atom. The van der Waals surface area contributed by atoms with E-state index >= 15 is 0 Å². The van der Waals surface area contributed by atoms with Gasteiger partial charge in [-0.2, -0.15) is 0 Å².